The van der Waals surface area contributed by atoms with Crippen LogP contribution in [-0.4, -0.2) is 76.8 Å². The van der Waals surface area contributed by atoms with E-state index < -0.39 is 23.6 Å². The zero-order valence-corrected chi connectivity index (χ0v) is 41.1. The molecule has 1 aliphatic rings. The zero-order valence-electron chi connectivity index (χ0n) is 36.9. The summed E-state index contributed by atoms with van der Waals surface area (Å²) in [4.78, 5) is 8.81. The monoisotopic (exact) mass is 1090 g/mol. The van der Waals surface area contributed by atoms with E-state index in [1.54, 1.807) is 113 Å². The van der Waals surface area contributed by atoms with Crippen LogP contribution in [0.2, 0.25) is 0 Å². The summed E-state index contributed by atoms with van der Waals surface area (Å²) in [5, 5.41) is 118. The number of nitrogens with zero attached hydrogens (tertiary/aromatic N) is 10. The van der Waals surface area contributed by atoms with Crippen molar-refractivity contribution in [2.45, 2.75) is 27.7 Å². The van der Waals surface area contributed by atoms with Gasteiger partial charge in [-0.1, -0.05) is 84.9 Å². The summed E-state index contributed by atoms with van der Waals surface area (Å²) >= 11 is 5.18. The van der Waals surface area contributed by atoms with Crippen LogP contribution in [0.1, 0.15) is 72.7 Å². The number of aromatic nitrogens is 2. The fraction of sp³-hybridized carbons (Fsp3) is 0.0851. The topological polar surface area (TPSA) is 298 Å². The predicted molar refractivity (Wildman–Crippen MR) is 245 cm³/mol. The first kappa shape index (κ1) is 57.1. The number of halogens is 3. The van der Waals surface area contributed by atoms with Crippen molar-refractivity contribution in [3.8, 4) is 23.0 Å². The molecule has 4 N–H and O–H groups in total. The molecule has 0 amide bonds. The first-order chi connectivity index (χ1) is 32.6. The number of hydrogen-bond acceptors (Lipinski definition) is 18. The fourth-order valence-electron chi connectivity index (χ4n) is 5.21. The molecule has 70 heavy (non-hydrogen) atoms. The molecule has 23 heteroatoms. The number of para-hydroxylation sites is 4. The van der Waals surface area contributed by atoms with Gasteiger partial charge in [0.2, 0.25) is 0 Å². The van der Waals surface area contributed by atoms with Crippen LogP contribution in [0.5, 0.6) is 23.0 Å². The van der Waals surface area contributed by atoms with Crippen molar-refractivity contribution in [3.05, 3.63) is 183 Å². The molecule has 0 spiro atoms. The third-order valence-corrected chi connectivity index (χ3v) is 10.8. The first-order valence-corrected chi connectivity index (χ1v) is 22.0. The minimum absolute atomic E-state index is 0. The molecule has 1 aliphatic heterocycles. The van der Waals surface area contributed by atoms with Gasteiger partial charge in [-0.05, 0) is 76.2 Å². The van der Waals surface area contributed by atoms with Crippen LogP contribution in [0.3, 0.4) is 0 Å². The molecule has 4 aromatic carbocycles. The Balaban J connectivity index is 0.000000333. The van der Waals surface area contributed by atoms with Crippen LogP contribution in [-0.2, 0) is 33.0 Å². The molecule has 7 rings (SSSR count). The van der Waals surface area contributed by atoms with Crippen molar-refractivity contribution >= 4 is 58.0 Å². The Bertz CT molecular complexity index is 2620. The van der Waals surface area contributed by atoms with Crippen LogP contribution in [0.4, 0.5) is 0 Å². The van der Waals surface area contributed by atoms with Crippen LogP contribution in [0.25, 0.3) is 0 Å². The number of hydrogen-bond donors (Lipinski definition) is 4. The van der Waals surface area contributed by atoms with Crippen molar-refractivity contribution in [1.82, 2.24) is 9.97 Å². The zero-order chi connectivity index (χ0) is 49.2. The number of phenols is 4. The van der Waals surface area contributed by atoms with Crippen LogP contribution >= 0.6 is 11.6 Å². The van der Waals surface area contributed by atoms with Crippen LogP contribution in [0, 0.1) is 24.4 Å². The van der Waals surface area contributed by atoms with Gasteiger partial charge < -0.3 is 40.9 Å². The maximum absolute atomic E-state index is 12.1. The second-order valence-electron chi connectivity index (χ2n) is 13.6. The van der Waals surface area contributed by atoms with E-state index in [-0.39, 0.29) is 78.2 Å². The molecule has 0 radical (unpaired) electrons. The smallest absolute Gasteiger partial charge is 0.857 e. The Morgan fingerprint density at radius 3 is 0.786 bits per heavy atom. The van der Waals surface area contributed by atoms with Gasteiger partial charge in [0.1, 0.15) is 23.0 Å². The molecule has 18 nitrogen and oxygen atoms in total. The van der Waals surface area contributed by atoms with Crippen molar-refractivity contribution < 1.29 is 93.9 Å². The maximum atomic E-state index is 12.1. The minimum atomic E-state index is -0.683. The largest absolute Gasteiger partial charge is 2.00 e. The molecule has 0 unspecified atom stereocenters. The molecule has 1 fully saturated rings. The van der Waals surface area contributed by atoms with E-state index in [1.807, 2.05) is 20.1 Å². The second-order valence-corrected chi connectivity index (χ2v) is 16.5. The third-order valence-electron chi connectivity index (χ3n) is 8.81. The van der Waals surface area contributed by atoms with Crippen LogP contribution in [0.15, 0.2) is 174 Å². The van der Waals surface area contributed by atoms with Gasteiger partial charge in [-0.2, -0.15) is 52.4 Å². The van der Waals surface area contributed by atoms with E-state index in [0.717, 1.165) is 4.30 Å². The molecule has 366 valence electrons. The van der Waals surface area contributed by atoms with Gasteiger partial charge in [0.25, 0.3) is 0 Å². The van der Waals surface area contributed by atoms with E-state index in [2.05, 4.69) is 50.8 Å². The van der Waals surface area contributed by atoms with Crippen molar-refractivity contribution in [2.75, 3.05) is 0 Å². The van der Waals surface area contributed by atoms with Gasteiger partial charge >= 0.3 is 40.9 Å². The van der Waals surface area contributed by atoms with E-state index in [4.69, 9.17) is 11.6 Å². The fourth-order valence-corrected chi connectivity index (χ4v) is 5.56. The normalized spacial score (nSPS) is 13.7. The number of benzene rings is 4. The summed E-state index contributed by atoms with van der Waals surface area (Å²) in [5.74, 6) is -3.44. The van der Waals surface area contributed by atoms with E-state index in [9.17, 15) is 40.9 Å². The summed E-state index contributed by atoms with van der Waals surface area (Å²) in [6.07, 6.45) is 0. The summed E-state index contributed by atoms with van der Waals surface area (Å²) in [7, 11) is 3.85. The average Bonchev–Trinajstić information content (AvgIpc) is 4.15. The standard InChI is InChI=1S/2C23H21N5O4.CCl3.2Ni/c2*1-14(25-27-22(31)16-8-3-5-12-20(16)29)18-10-7-11-19(24-18)15(2)26-28-23(32)17-9-4-6-13-21(17)30;2-1-3-4-1;;/h2*3-13,29-30H,1-2H3,(H,27,31)(H,28,32);;;/q;;+1;;+2/p-4/b2*25-14+,26-15+;;;. The Kier molecular flexibility index (Phi) is 23.1. The van der Waals surface area contributed by atoms with Crippen molar-refractivity contribution in [1.29, 1.82) is 0 Å². The SMILES string of the molecule is C/C(=N\N=C(/[O-])c1ccccc1O)c1cccc(/C(C)=N/N=C(\[O-])c2ccccc2O)n1.C/C(=N\N=C(/[O-])c1ccccc1O)c1cccc(/C(C)=N/N=C(\[O-])c2ccccc2O)n1.Cl[C-]1[Cl+][Cl+]1.[Ni+2].[Ni]. The minimum Gasteiger partial charge on any atom is -0.857 e. The van der Waals surface area contributed by atoms with Gasteiger partial charge in [0.05, 0.1) is 45.6 Å². The molecule has 0 saturated carbocycles. The molecule has 3 heterocycles. The molecule has 0 aliphatic carbocycles. The Morgan fingerprint density at radius 1 is 0.400 bits per heavy atom. The molecule has 1 saturated heterocycles. The number of phenolic OH excluding ortho intramolecular Hbond substituents is 4. The van der Waals surface area contributed by atoms with E-state index in [0.29, 0.717) is 45.6 Å². The first-order valence-electron chi connectivity index (χ1n) is 19.7. The molecule has 0 atom stereocenters. The van der Waals surface area contributed by atoms with Gasteiger partial charge in [-0.15, -0.1) is 0 Å². The van der Waals surface area contributed by atoms with Gasteiger partial charge in [0, 0.05) is 62.3 Å². The van der Waals surface area contributed by atoms with Gasteiger partial charge in [-0.3, -0.25) is 0 Å². The predicted octanol–water partition coefficient (Wildman–Crippen LogP) is 3.88. The van der Waals surface area contributed by atoms with Crippen LogP contribution < -0.4 is 20.4 Å². The van der Waals surface area contributed by atoms with Crippen molar-refractivity contribution in [2.24, 2.45) is 40.8 Å². The van der Waals surface area contributed by atoms with Gasteiger partial charge in [0.15, 0.2) is 0 Å². The summed E-state index contributed by atoms with van der Waals surface area (Å²) in [5.41, 5.74) is 3.42. The van der Waals surface area contributed by atoms with Gasteiger partial charge in [-0.25, -0.2) is 9.97 Å². The number of rotatable bonds is 12. The Morgan fingerprint density at radius 2 is 0.600 bits per heavy atom. The molecular formula is C47H38Cl3N10Ni2O8-. The average molecular weight is 1090 g/mol. The Labute approximate surface area is 433 Å². The number of pyridine rings is 2. The summed E-state index contributed by atoms with van der Waals surface area (Å²) in [6.45, 7) is 6.53. The molecule has 0 bridgehead atoms. The summed E-state index contributed by atoms with van der Waals surface area (Å²) in [6, 6.07) is 34.4. The second kappa shape index (κ2) is 28.3. The quantitative estimate of drug-likeness (QED) is 0.0451. The Hall–Kier alpha value is -7.20. The number of aromatic hydroxyl groups is 4. The summed E-state index contributed by atoms with van der Waals surface area (Å²) < 4.78 is 0.861. The van der Waals surface area contributed by atoms with E-state index >= 15 is 0 Å². The molecule has 6 aromatic rings. The van der Waals surface area contributed by atoms with E-state index in [1.165, 1.54) is 48.5 Å². The van der Waals surface area contributed by atoms with Crippen molar-refractivity contribution in [3.63, 3.8) is 0 Å². The molecule has 2 aromatic heterocycles. The third kappa shape index (κ3) is 17.4. The maximum Gasteiger partial charge on any atom is 2.00 e. The molecular weight excluding hydrogens is 1060 g/mol.